The second kappa shape index (κ2) is 34.9. The number of aliphatic carboxylic acids is 1. The number of hydrogen-bond donors (Lipinski definition) is 1. The fourth-order valence-corrected chi connectivity index (χ4v) is 1.77. The number of carboxylic acid groups (broad SMARTS) is 1. The molecule has 9 nitrogen and oxygen atoms in total. The van der Waals surface area contributed by atoms with Crippen molar-refractivity contribution in [3.8, 4) is 0 Å². The van der Waals surface area contributed by atoms with Gasteiger partial charge in [0.05, 0.1) is 32.2 Å². The molecule has 0 aromatic rings. The summed E-state index contributed by atoms with van der Waals surface area (Å²) in [6.07, 6.45) is 9.09. The molecule has 0 aliphatic carbocycles. The standard InChI is InChI=1S/C8H14O2.C7H12O2.C6H10O2.C3H5BrO2.C3H6.Li.H2O/c1-5-6-8(2,3)7(9)10-4;1-4-5-7(2,3)6(8)9;1-3-4-5-6(7)8-2;1-6-3(5)2-4;1-3-2;;/h5H,1,6H2,2-4H3;4H,1,5H2,2-3H3,(H,8,9);3H,1,4-5H2,2H3;2H2,1H3;3H,1H2,2H3;;1H2/q;;;;;+1;/p-1. The molecule has 0 aliphatic heterocycles. The Morgan fingerprint density at radius 1 is 0.789 bits per heavy atom. The van der Waals surface area contributed by atoms with Crippen molar-refractivity contribution in [2.45, 2.75) is 60.3 Å². The third kappa shape index (κ3) is 41.0. The van der Waals surface area contributed by atoms with Crippen molar-refractivity contribution in [2.75, 3.05) is 26.7 Å². The zero-order valence-electron chi connectivity index (χ0n) is 24.8. The van der Waals surface area contributed by atoms with Crippen LogP contribution in [0.3, 0.4) is 0 Å². The number of esters is 3. The van der Waals surface area contributed by atoms with Crippen LogP contribution in [0.4, 0.5) is 0 Å². The number of carboxylic acids is 1. The monoisotopic (exact) mass is 602 g/mol. The number of alkyl halides is 1. The first-order valence-electron chi connectivity index (χ1n) is 11.0. The Hall–Kier alpha value is -2.12. The van der Waals surface area contributed by atoms with Crippen LogP contribution in [0, 0.1) is 10.8 Å². The van der Waals surface area contributed by atoms with Crippen LogP contribution >= 0.6 is 15.9 Å². The largest absolute Gasteiger partial charge is 1.00 e. The summed E-state index contributed by atoms with van der Waals surface area (Å²) in [5.74, 6) is -1.38. The molecule has 0 saturated heterocycles. The Morgan fingerprint density at radius 2 is 1.16 bits per heavy atom. The maximum atomic E-state index is 11.0. The van der Waals surface area contributed by atoms with E-state index in [2.05, 4.69) is 56.5 Å². The zero-order chi connectivity index (χ0) is 29.8. The second-order valence-corrected chi connectivity index (χ2v) is 8.63. The van der Waals surface area contributed by atoms with Gasteiger partial charge in [-0.25, -0.2) is 0 Å². The average molecular weight is 604 g/mol. The molecule has 0 heterocycles. The van der Waals surface area contributed by atoms with Gasteiger partial charge in [0, 0.05) is 6.42 Å². The molecule has 0 saturated carbocycles. The van der Waals surface area contributed by atoms with Gasteiger partial charge in [-0.15, -0.1) is 26.3 Å². The molecule has 38 heavy (non-hydrogen) atoms. The van der Waals surface area contributed by atoms with Crippen molar-refractivity contribution in [2.24, 2.45) is 10.8 Å². The zero-order valence-corrected chi connectivity index (χ0v) is 26.4. The van der Waals surface area contributed by atoms with Crippen molar-refractivity contribution in [3.63, 3.8) is 0 Å². The van der Waals surface area contributed by atoms with Gasteiger partial charge in [0.1, 0.15) is 5.33 Å². The van der Waals surface area contributed by atoms with E-state index in [9.17, 15) is 19.2 Å². The molecule has 0 rings (SSSR count). The Kier molecular flexibility index (Phi) is 48.0. The molecule has 0 spiro atoms. The van der Waals surface area contributed by atoms with E-state index in [1.165, 1.54) is 21.3 Å². The van der Waals surface area contributed by atoms with E-state index in [-0.39, 0.29) is 47.6 Å². The minimum Gasteiger partial charge on any atom is -0.870 e. The summed E-state index contributed by atoms with van der Waals surface area (Å²) in [5, 5.41) is 8.81. The van der Waals surface area contributed by atoms with Gasteiger partial charge >= 0.3 is 42.7 Å². The minimum absolute atomic E-state index is 0. The summed E-state index contributed by atoms with van der Waals surface area (Å²) in [6.45, 7) is 22.8. The molecule has 0 unspecified atom stereocenters. The maximum absolute atomic E-state index is 11.0. The van der Waals surface area contributed by atoms with E-state index in [1.54, 1.807) is 38.2 Å². The van der Waals surface area contributed by atoms with Crippen molar-refractivity contribution in [1.29, 1.82) is 0 Å². The average Bonchev–Trinajstić information content (AvgIpc) is 2.82. The summed E-state index contributed by atoms with van der Waals surface area (Å²) in [4.78, 5) is 41.5. The van der Waals surface area contributed by atoms with Crippen molar-refractivity contribution in [3.05, 3.63) is 50.6 Å². The molecule has 0 fully saturated rings. The molecule has 0 amide bonds. The number of carbonyl (C=O) groups excluding carboxylic acids is 3. The number of hydrogen-bond acceptors (Lipinski definition) is 8. The number of allylic oxidation sites excluding steroid dienone is 4. The van der Waals surface area contributed by atoms with Crippen LogP contribution in [0.5, 0.6) is 0 Å². The molecular weight excluding hydrogens is 555 g/mol. The normalized spacial score (nSPS) is 8.66. The minimum atomic E-state index is -0.776. The summed E-state index contributed by atoms with van der Waals surface area (Å²) >= 11 is 2.90. The summed E-state index contributed by atoms with van der Waals surface area (Å²) in [6, 6.07) is 0. The van der Waals surface area contributed by atoms with Crippen LogP contribution in [-0.4, -0.2) is 61.1 Å². The van der Waals surface area contributed by atoms with Crippen LogP contribution < -0.4 is 18.9 Å². The molecule has 0 aromatic heterocycles. The third-order valence-electron chi connectivity index (χ3n) is 3.74. The number of carbonyl (C=O) groups is 4. The molecule has 0 atom stereocenters. The van der Waals surface area contributed by atoms with Crippen molar-refractivity contribution >= 4 is 39.8 Å². The van der Waals surface area contributed by atoms with Crippen LogP contribution in [0.1, 0.15) is 60.3 Å². The Balaban J connectivity index is -0.0000000647. The molecule has 0 bridgehead atoms. The predicted octanol–water partition coefficient (Wildman–Crippen LogP) is 3.13. The number of methoxy groups -OCH3 is 3. The van der Waals surface area contributed by atoms with E-state index >= 15 is 0 Å². The smallest absolute Gasteiger partial charge is 0.870 e. The van der Waals surface area contributed by atoms with Gasteiger partial charge in [-0.2, -0.15) is 0 Å². The van der Waals surface area contributed by atoms with Crippen LogP contribution in [0.25, 0.3) is 0 Å². The van der Waals surface area contributed by atoms with Gasteiger partial charge in [0.2, 0.25) is 0 Å². The predicted molar refractivity (Wildman–Crippen MR) is 152 cm³/mol. The van der Waals surface area contributed by atoms with E-state index in [0.717, 1.165) is 0 Å². The molecular formula is C27H48BrLiO9. The SMILES string of the molecule is C=CC.C=CCC(C)(C)C(=O)O.C=CCC(C)(C)C(=O)OC.C=CCCC(=O)OC.COC(=O)CBr.[Li+].[OH-]. The summed E-state index contributed by atoms with van der Waals surface area (Å²) in [5.41, 5.74) is -1.07. The van der Waals surface area contributed by atoms with Crippen LogP contribution in [0.15, 0.2) is 50.6 Å². The fraction of sp³-hybridized carbons (Fsp3) is 0.556. The van der Waals surface area contributed by atoms with Gasteiger partial charge in [-0.1, -0.05) is 40.2 Å². The van der Waals surface area contributed by atoms with Gasteiger partial charge in [0.15, 0.2) is 0 Å². The van der Waals surface area contributed by atoms with Crippen LogP contribution in [-0.2, 0) is 33.4 Å². The van der Waals surface area contributed by atoms with Crippen molar-refractivity contribution in [1.82, 2.24) is 0 Å². The molecule has 2 N–H and O–H groups in total. The third-order valence-corrected chi connectivity index (χ3v) is 4.20. The van der Waals surface area contributed by atoms with Gasteiger partial charge in [-0.05, 0) is 53.9 Å². The molecule has 11 heteroatoms. The first kappa shape index (κ1) is 52.3. The molecule has 0 aliphatic rings. The Labute approximate surface area is 250 Å². The first-order chi connectivity index (χ1) is 16.6. The quantitative estimate of drug-likeness (QED) is 0.131. The molecule has 0 radical (unpaired) electrons. The number of ether oxygens (including phenoxy) is 3. The van der Waals surface area contributed by atoms with E-state index in [4.69, 9.17) is 5.11 Å². The Bertz CT molecular complexity index is 655. The van der Waals surface area contributed by atoms with Gasteiger partial charge in [-0.3, -0.25) is 19.2 Å². The number of halogens is 1. The van der Waals surface area contributed by atoms with E-state index < -0.39 is 16.8 Å². The number of rotatable bonds is 10. The van der Waals surface area contributed by atoms with Crippen LogP contribution in [0.2, 0.25) is 0 Å². The molecule has 218 valence electrons. The fourth-order valence-electron chi connectivity index (χ4n) is 1.55. The first-order valence-corrected chi connectivity index (χ1v) is 12.1. The van der Waals surface area contributed by atoms with E-state index in [1.807, 2.05) is 20.8 Å². The Morgan fingerprint density at radius 3 is 1.34 bits per heavy atom. The van der Waals surface area contributed by atoms with Gasteiger partial charge in [0.25, 0.3) is 0 Å². The summed E-state index contributed by atoms with van der Waals surface area (Å²) in [7, 11) is 4.13. The molecule has 0 aromatic carbocycles. The van der Waals surface area contributed by atoms with E-state index in [0.29, 0.717) is 25.7 Å². The summed E-state index contributed by atoms with van der Waals surface area (Å²) < 4.78 is 13.2. The second-order valence-electron chi connectivity index (χ2n) is 8.07. The maximum Gasteiger partial charge on any atom is 1.00 e. The van der Waals surface area contributed by atoms with Crippen molar-refractivity contribution < 1.29 is 62.8 Å². The topological polar surface area (TPSA) is 146 Å². The van der Waals surface area contributed by atoms with Gasteiger partial charge < -0.3 is 24.8 Å².